The van der Waals surface area contributed by atoms with Crippen molar-refractivity contribution in [2.24, 2.45) is 0 Å². The Morgan fingerprint density at radius 2 is 1.76 bits per heavy atom. The van der Waals surface area contributed by atoms with Crippen LogP contribution in [-0.4, -0.2) is 96.7 Å². The van der Waals surface area contributed by atoms with Crippen LogP contribution in [0.1, 0.15) is 53.1 Å². The van der Waals surface area contributed by atoms with Crippen molar-refractivity contribution in [2.75, 3.05) is 51.0 Å². The average molecular weight is 824 g/mol. The lowest BCUT2D eigenvalue weighted by atomic mass is 9.95. The molecular weight excluding hydrogens is 773 g/mol. The van der Waals surface area contributed by atoms with Gasteiger partial charge in [-0.1, -0.05) is 19.6 Å². The molecule has 0 atom stereocenters. The van der Waals surface area contributed by atoms with E-state index in [2.05, 4.69) is 24.5 Å². The first-order valence-electron chi connectivity index (χ1n) is 20.8. The molecule has 6 heterocycles. The summed E-state index contributed by atoms with van der Waals surface area (Å²) in [4.78, 5) is 27.6. The quantitative estimate of drug-likeness (QED) is 0.0933. The van der Waals surface area contributed by atoms with Gasteiger partial charge in [-0.05, 0) is 103 Å². The van der Waals surface area contributed by atoms with Crippen LogP contribution in [-0.2, 0) is 22.8 Å². The van der Waals surface area contributed by atoms with Crippen LogP contribution in [0.25, 0.3) is 33.5 Å². The molecule has 310 valence electrons. The van der Waals surface area contributed by atoms with E-state index in [4.69, 9.17) is 28.9 Å². The van der Waals surface area contributed by atoms with Gasteiger partial charge in [-0.2, -0.15) is 0 Å². The molecule has 1 saturated carbocycles. The third kappa shape index (κ3) is 8.25. The molecule has 1 aliphatic carbocycles. The molecule has 59 heavy (non-hydrogen) atoms. The van der Waals surface area contributed by atoms with Crippen LogP contribution in [0.5, 0.6) is 11.5 Å². The zero-order valence-electron chi connectivity index (χ0n) is 33.9. The highest BCUT2D eigenvalue weighted by molar-refractivity contribution is 6.76. The Bertz CT molecular complexity index is 2350. The number of halogens is 2. The van der Waals surface area contributed by atoms with Crippen LogP contribution in [0.4, 0.5) is 14.5 Å². The number of hydrogen-bond acceptors (Lipinski definition) is 9. The van der Waals surface area contributed by atoms with Gasteiger partial charge in [0.05, 0.1) is 55.7 Å². The molecular formula is C45H51F2N5O6Si. The van der Waals surface area contributed by atoms with E-state index in [-0.39, 0.29) is 48.9 Å². The maximum Gasteiger partial charge on any atom is 0.265 e. The first-order chi connectivity index (χ1) is 28.5. The minimum Gasteiger partial charge on any atom is -0.491 e. The molecule has 9 rings (SSSR count). The van der Waals surface area contributed by atoms with Gasteiger partial charge < -0.3 is 29.0 Å². The first-order valence-corrected chi connectivity index (χ1v) is 24.5. The Kier molecular flexibility index (Phi) is 11.0. The molecule has 0 unspecified atom stereocenters. The van der Waals surface area contributed by atoms with E-state index >= 15 is 8.78 Å². The Hall–Kier alpha value is -4.73. The molecule has 11 nitrogen and oxygen atoms in total. The third-order valence-corrected chi connectivity index (χ3v) is 13.7. The Morgan fingerprint density at radius 3 is 2.46 bits per heavy atom. The fraction of sp³-hybridized carbons (Fsp3) is 0.444. The monoisotopic (exact) mass is 823 g/mol. The number of hydrogen-bond donors (Lipinski definition) is 1. The largest absolute Gasteiger partial charge is 0.491 e. The third-order valence-electron chi connectivity index (χ3n) is 12.0. The number of likely N-dealkylation sites (tertiary alicyclic amines) is 1. The number of piperidine rings is 1. The predicted octanol–water partition coefficient (Wildman–Crippen LogP) is 8.01. The van der Waals surface area contributed by atoms with Crippen LogP contribution in [0.2, 0.25) is 25.7 Å². The molecule has 3 aromatic heterocycles. The molecule has 14 heteroatoms. The van der Waals surface area contributed by atoms with Gasteiger partial charge in [0.15, 0.2) is 0 Å². The molecule has 4 aliphatic rings. The van der Waals surface area contributed by atoms with E-state index < -0.39 is 32.2 Å². The van der Waals surface area contributed by atoms with Crippen molar-refractivity contribution in [3.8, 4) is 34.0 Å². The van der Waals surface area contributed by atoms with Gasteiger partial charge in [0.25, 0.3) is 5.91 Å². The molecule has 3 fully saturated rings. The number of aromatic nitrogens is 3. The van der Waals surface area contributed by atoms with Gasteiger partial charge in [-0.25, -0.2) is 13.8 Å². The smallest absolute Gasteiger partial charge is 0.265 e. The van der Waals surface area contributed by atoms with Crippen LogP contribution >= 0.6 is 0 Å². The van der Waals surface area contributed by atoms with Crippen LogP contribution < -0.4 is 14.4 Å². The van der Waals surface area contributed by atoms with Crippen molar-refractivity contribution in [3.63, 3.8) is 0 Å². The molecule has 3 aliphatic heterocycles. The minimum atomic E-state index is -1.37. The number of amides is 1. The van der Waals surface area contributed by atoms with Crippen molar-refractivity contribution in [1.82, 2.24) is 19.4 Å². The molecule has 2 saturated heterocycles. The number of anilines is 1. The zero-order valence-corrected chi connectivity index (χ0v) is 34.9. The second-order valence-corrected chi connectivity index (χ2v) is 23.0. The Labute approximate surface area is 343 Å². The Balaban J connectivity index is 1.05. The SMILES string of the molecule is C[Si](C)(C)CCOCn1c(-c2ccc(OC3CCN(C4COC4)CC3)cn2)cc2c(-c3cc(F)cc(N4CCOc5cc(C6CC6)cc(F)c5C4=O)c3CO)ccnc21. The summed E-state index contributed by atoms with van der Waals surface area (Å²) in [5.41, 5.74) is 4.08. The normalized spacial score (nSPS) is 18.1. The molecule has 1 N–H and O–H groups in total. The molecule has 5 aromatic rings. The summed E-state index contributed by atoms with van der Waals surface area (Å²) >= 11 is 0. The van der Waals surface area contributed by atoms with Gasteiger partial charge in [-0.15, -0.1) is 0 Å². The van der Waals surface area contributed by atoms with Crippen molar-refractivity contribution in [3.05, 3.63) is 89.2 Å². The molecule has 2 aromatic carbocycles. The number of nitrogens with zero attached hydrogens (tertiary/aromatic N) is 5. The highest BCUT2D eigenvalue weighted by atomic mass is 28.3. The number of pyridine rings is 2. The van der Waals surface area contributed by atoms with E-state index in [0.29, 0.717) is 51.8 Å². The lowest BCUT2D eigenvalue weighted by molar-refractivity contribution is -0.0778. The van der Waals surface area contributed by atoms with Crippen molar-refractivity contribution in [1.29, 1.82) is 0 Å². The summed E-state index contributed by atoms with van der Waals surface area (Å²) in [6, 6.07) is 14.8. The number of aliphatic hydroxyl groups is 1. The van der Waals surface area contributed by atoms with E-state index in [1.165, 1.54) is 23.1 Å². The summed E-state index contributed by atoms with van der Waals surface area (Å²) in [7, 11) is -1.37. The van der Waals surface area contributed by atoms with Crippen LogP contribution in [0.15, 0.2) is 60.9 Å². The van der Waals surface area contributed by atoms with Gasteiger partial charge in [0, 0.05) is 44.9 Å². The topological polar surface area (TPSA) is 111 Å². The summed E-state index contributed by atoms with van der Waals surface area (Å²) in [5.74, 6) is -0.791. The molecule has 1 amide bonds. The number of fused-ring (bicyclic) bond motifs is 2. The number of carbonyl (C=O) groups is 1. The number of carbonyl (C=O) groups excluding carboxylic acids is 1. The van der Waals surface area contributed by atoms with Crippen molar-refractivity contribution >= 4 is 30.7 Å². The number of aliphatic hydroxyl groups excluding tert-OH is 1. The number of ether oxygens (including phenoxy) is 4. The second kappa shape index (κ2) is 16.4. The maximum absolute atomic E-state index is 15.9. The lowest BCUT2D eigenvalue weighted by Crippen LogP contribution is -2.52. The van der Waals surface area contributed by atoms with Crippen molar-refractivity contribution in [2.45, 2.75) is 82.8 Å². The summed E-state index contributed by atoms with van der Waals surface area (Å²) < 4.78 is 57.5. The zero-order chi connectivity index (χ0) is 40.8. The van der Waals surface area contributed by atoms with Gasteiger partial charge >= 0.3 is 0 Å². The van der Waals surface area contributed by atoms with E-state index in [9.17, 15) is 9.90 Å². The summed E-state index contributed by atoms with van der Waals surface area (Å²) in [6.45, 7) is 10.9. The Morgan fingerprint density at radius 1 is 0.949 bits per heavy atom. The van der Waals surface area contributed by atoms with Gasteiger partial charge in [0.1, 0.15) is 53.8 Å². The minimum absolute atomic E-state index is 0.0309. The second-order valence-electron chi connectivity index (χ2n) is 17.4. The number of benzene rings is 2. The van der Waals surface area contributed by atoms with E-state index in [0.717, 1.165) is 69.3 Å². The van der Waals surface area contributed by atoms with Gasteiger partial charge in [-0.3, -0.25) is 19.2 Å². The van der Waals surface area contributed by atoms with Crippen molar-refractivity contribution < 1.29 is 37.6 Å². The van der Waals surface area contributed by atoms with E-state index in [1.807, 2.05) is 22.8 Å². The average Bonchev–Trinajstić information content (AvgIpc) is 4.00. The van der Waals surface area contributed by atoms with Crippen LogP contribution in [0.3, 0.4) is 0 Å². The van der Waals surface area contributed by atoms with Crippen LogP contribution in [0, 0.1) is 11.6 Å². The highest BCUT2D eigenvalue weighted by Crippen LogP contribution is 2.44. The number of rotatable bonds is 13. The first kappa shape index (κ1) is 39.7. The molecule has 0 spiro atoms. The van der Waals surface area contributed by atoms with E-state index in [1.54, 1.807) is 24.5 Å². The fourth-order valence-corrected chi connectivity index (χ4v) is 9.16. The van der Waals surface area contributed by atoms with Gasteiger partial charge in [0.2, 0.25) is 0 Å². The standard InChI is InChI=1S/C45H51F2N5O6Si/c1-59(2,3)17-16-55-27-52-41(39-7-6-33(23-49-39)58-32-9-12-50(13-10-32)31-25-56-26-31)22-36-34(8-11-48-44(36)52)35-20-30(46)21-40(37(35)24-53)51-14-15-57-42-19-29(28-4-5-28)18-38(47)43(42)45(51)54/h6-8,11,18-23,28,31-32,53H,4-5,9-10,12-17,24-27H2,1-3H3. The fourth-order valence-electron chi connectivity index (χ4n) is 8.41. The predicted molar refractivity (Wildman–Crippen MR) is 224 cm³/mol. The lowest BCUT2D eigenvalue weighted by Gasteiger charge is -2.41. The maximum atomic E-state index is 15.9. The summed E-state index contributed by atoms with van der Waals surface area (Å²) in [6.07, 6.45) is 7.34. The summed E-state index contributed by atoms with van der Waals surface area (Å²) in [5, 5.41) is 11.7. The molecule has 0 bridgehead atoms. The molecule has 0 radical (unpaired) electrons. The highest BCUT2D eigenvalue weighted by Gasteiger charge is 2.34.